The van der Waals surface area contributed by atoms with Gasteiger partial charge in [0.25, 0.3) is 5.56 Å². The summed E-state index contributed by atoms with van der Waals surface area (Å²) in [7, 11) is 1.63. The first-order valence-electron chi connectivity index (χ1n) is 10.3. The molecule has 0 aliphatic heterocycles. The van der Waals surface area contributed by atoms with Gasteiger partial charge in [0.2, 0.25) is 5.78 Å². The summed E-state index contributed by atoms with van der Waals surface area (Å²) in [6, 6.07) is 7.20. The summed E-state index contributed by atoms with van der Waals surface area (Å²) in [5.74, 6) is 0.644. The molecule has 0 spiro atoms. The Morgan fingerprint density at radius 2 is 1.91 bits per heavy atom. The molecule has 4 aromatic heterocycles. The Bertz CT molecular complexity index is 1550. The molecule has 0 radical (unpaired) electrons. The molecule has 0 aliphatic rings. The van der Waals surface area contributed by atoms with E-state index >= 15 is 0 Å². The maximum atomic E-state index is 13.4. The minimum Gasteiger partial charge on any atom is -0.337 e. The van der Waals surface area contributed by atoms with E-state index in [-0.39, 0.29) is 12.1 Å². The minimum absolute atomic E-state index is 0.0962. The average molecular weight is 452 g/mol. The van der Waals surface area contributed by atoms with Gasteiger partial charge in [0.05, 0.1) is 12.9 Å². The van der Waals surface area contributed by atoms with Gasteiger partial charge < -0.3 is 9.13 Å². The summed E-state index contributed by atoms with van der Waals surface area (Å²) >= 11 is 6.27. The number of benzene rings is 1. The molecule has 0 unspecified atom stereocenters. The maximum Gasteiger partial charge on any atom is 0.332 e. The lowest BCUT2D eigenvalue weighted by atomic mass is 10.2. The van der Waals surface area contributed by atoms with Crippen molar-refractivity contribution in [3.05, 3.63) is 86.3 Å². The van der Waals surface area contributed by atoms with Gasteiger partial charge in [-0.2, -0.15) is 4.98 Å². The molecule has 5 rings (SSSR count). The fraction of sp³-hybridized carbons (Fsp3) is 0.273. The topological polar surface area (TPSA) is 84.0 Å². The molecule has 10 heteroatoms. The molecule has 0 saturated carbocycles. The van der Waals surface area contributed by atoms with Crippen LogP contribution in [-0.4, -0.2) is 32.6 Å². The van der Waals surface area contributed by atoms with Gasteiger partial charge in [0, 0.05) is 49.4 Å². The van der Waals surface area contributed by atoms with Crippen molar-refractivity contribution < 1.29 is 0 Å². The van der Waals surface area contributed by atoms with E-state index in [2.05, 4.69) is 14.5 Å². The summed E-state index contributed by atoms with van der Waals surface area (Å²) in [6.45, 7) is 3.64. The Morgan fingerprint density at radius 3 is 2.66 bits per heavy atom. The second-order valence-corrected chi connectivity index (χ2v) is 8.26. The van der Waals surface area contributed by atoms with Crippen LogP contribution in [0.5, 0.6) is 0 Å². The van der Waals surface area contributed by atoms with Crippen molar-refractivity contribution in [1.29, 1.82) is 0 Å². The lowest BCUT2D eigenvalue weighted by Gasteiger charge is -2.09. The Hall–Kier alpha value is -3.59. The van der Waals surface area contributed by atoms with Crippen molar-refractivity contribution >= 4 is 28.5 Å². The molecule has 0 fully saturated rings. The zero-order valence-electron chi connectivity index (χ0n) is 17.8. The van der Waals surface area contributed by atoms with Crippen LogP contribution in [-0.2, 0) is 26.7 Å². The van der Waals surface area contributed by atoms with Gasteiger partial charge in [-0.05, 0) is 25.0 Å². The van der Waals surface area contributed by atoms with Gasteiger partial charge >= 0.3 is 5.69 Å². The van der Waals surface area contributed by atoms with Crippen molar-refractivity contribution in [3.63, 3.8) is 0 Å². The summed E-state index contributed by atoms with van der Waals surface area (Å²) in [5.41, 5.74) is 1.64. The number of imidazole rings is 3. The van der Waals surface area contributed by atoms with E-state index in [1.807, 2.05) is 42.1 Å². The normalized spacial score (nSPS) is 11.7. The van der Waals surface area contributed by atoms with Crippen LogP contribution in [0.3, 0.4) is 0 Å². The number of aromatic nitrogens is 7. The third-order valence-electron chi connectivity index (χ3n) is 5.78. The maximum absolute atomic E-state index is 13.4. The van der Waals surface area contributed by atoms with E-state index in [4.69, 9.17) is 11.6 Å². The molecule has 0 N–H and O–H groups in total. The van der Waals surface area contributed by atoms with Crippen LogP contribution in [0.25, 0.3) is 16.9 Å². The van der Waals surface area contributed by atoms with E-state index in [0.717, 1.165) is 25.2 Å². The van der Waals surface area contributed by atoms with Gasteiger partial charge in [-0.25, -0.2) is 9.78 Å². The quantitative estimate of drug-likeness (QED) is 0.397. The highest BCUT2D eigenvalue weighted by atomic mass is 35.5. The number of halogens is 1. The van der Waals surface area contributed by atoms with Crippen molar-refractivity contribution in [2.75, 3.05) is 0 Å². The first-order valence-corrected chi connectivity index (χ1v) is 10.7. The van der Waals surface area contributed by atoms with Crippen LogP contribution in [0.1, 0.15) is 17.7 Å². The van der Waals surface area contributed by atoms with Gasteiger partial charge in [-0.15, -0.1) is 0 Å². The van der Waals surface area contributed by atoms with Gasteiger partial charge in [-0.1, -0.05) is 29.8 Å². The predicted octanol–water partition coefficient (Wildman–Crippen LogP) is 2.45. The number of nitrogens with zero attached hydrogens (tertiary/aromatic N) is 7. The molecular formula is C22H22ClN7O2. The zero-order chi connectivity index (χ0) is 22.4. The van der Waals surface area contributed by atoms with Crippen LogP contribution >= 0.6 is 11.6 Å². The number of fused-ring (bicyclic) bond motifs is 3. The SMILES string of the molecule is Cc1cn2c3c(=O)n(Cc4ccccc4Cl)c(=O)n(C)c3nc2n1CCCn1ccnc1. The standard InChI is InChI=1S/C22H22ClN7O2/c1-15-12-29-18-19(25-21(29)28(15)10-5-9-27-11-8-24-14-27)26(2)22(32)30(20(18)31)13-16-6-3-4-7-17(16)23/h3-4,6-8,11-12,14H,5,9-10,13H2,1-2H3. The molecule has 5 aromatic rings. The fourth-order valence-corrected chi connectivity index (χ4v) is 4.29. The number of aryl methyl sites for hydroxylation is 4. The third kappa shape index (κ3) is 3.25. The van der Waals surface area contributed by atoms with Crippen LogP contribution in [0, 0.1) is 6.92 Å². The Labute approximate surface area is 187 Å². The summed E-state index contributed by atoms with van der Waals surface area (Å²) in [5, 5.41) is 0.514. The highest BCUT2D eigenvalue weighted by molar-refractivity contribution is 6.31. The molecule has 164 valence electrons. The summed E-state index contributed by atoms with van der Waals surface area (Å²) in [4.78, 5) is 35.1. The van der Waals surface area contributed by atoms with E-state index in [9.17, 15) is 9.59 Å². The van der Waals surface area contributed by atoms with Crippen LogP contribution in [0.15, 0.2) is 58.8 Å². The zero-order valence-corrected chi connectivity index (χ0v) is 18.5. The van der Waals surface area contributed by atoms with Crippen molar-refractivity contribution in [1.82, 2.24) is 32.6 Å². The Morgan fingerprint density at radius 1 is 1.09 bits per heavy atom. The fourth-order valence-electron chi connectivity index (χ4n) is 4.10. The van der Waals surface area contributed by atoms with Gasteiger partial charge in [0.1, 0.15) is 0 Å². The minimum atomic E-state index is -0.424. The second-order valence-electron chi connectivity index (χ2n) is 7.85. The predicted molar refractivity (Wildman–Crippen MR) is 122 cm³/mol. The van der Waals surface area contributed by atoms with Gasteiger partial charge in [-0.3, -0.25) is 18.3 Å². The molecule has 0 atom stereocenters. The molecule has 32 heavy (non-hydrogen) atoms. The van der Waals surface area contributed by atoms with E-state index in [0.29, 0.717) is 27.5 Å². The van der Waals surface area contributed by atoms with Crippen LogP contribution in [0.4, 0.5) is 0 Å². The molecule has 0 bridgehead atoms. The van der Waals surface area contributed by atoms with E-state index in [1.54, 1.807) is 30.0 Å². The molecular weight excluding hydrogens is 430 g/mol. The molecule has 0 amide bonds. The Kier molecular flexibility index (Phi) is 4.97. The first-order chi connectivity index (χ1) is 15.5. The van der Waals surface area contributed by atoms with Crippen LogP contribution in [0.2, 0.25) is 5.02 Å². The van der Waals surface area contributed by atoms with Crippen molar-refractivity contribution in [2.45, 2.75) is 33.0 Å². The lowest BCUT2D eigenvalue weighted by molar-refractivity contribution is 0.564. The Balaban J connectivity index is 1.60. The molecule has 0 aliphatic carbocycles. The number of hydrogen-bond donors (Lipinski definition) is 0. The molecule has 9 nitrogen and oxygen atoms in total. The van der Waals surface area contributed by atoms with E-state index < -0.39 is 5.69 Å². The second kappa shape index (κ2) is 7.83. The van der Waals surface area contributed by atoms with Gasteiger partial charge in [0.15, 0.2) is 11.2 Å². The summed E-state index contributed by atoms with van der Waals surface area (Å²) < 4.78 is 8.51. The largest absolute Gasteiger partial charge is 0.337 e. The lowest BCUT2D eigenvalue weighted by Crippen LogP contribution is -2.39. The van der Waals surface area contributed by atoms with Crippen LogP contribution < -0.4 is 11.2 Å². The number of rotatable bonds is 6. The first kappa shape index (κ1) is 20.3. The summed E-state index contributed by atoms with van der Waals surface area (Å²) in [6.07, 6.45) is 8.25. The third-order valence-corrected chi connectivity index (χ3v) is 6.15. The molecule has 1 aromatic carbocycles. The number of hydrogen-bond acceptors (Lipinski definition) is 4. The highest BCUT2D eigenvalue weighted by Crippen LogP contribution is 2.18. The highest BCUT2D eigenvalue weighted by Gasteiger charge is 2.20. The smallest absolute Gasteiger partial charge is 0.332 e. The molecule has 0 saturated heterocycles. The van der Waals surface area contributed by atoms with Crippen molar-refractivity contribution in [3.8, 4) is 0 Å². The molecule has 4 heterocycles. The average Bonchev–Trinajstić information content (AvgIpc) is 3.48. The van der Waals surface area contributed by atoms with Crippen molar-refractivity contribution in [2.24, 2.45) is 7.05 Å². The monoisotopic (exact) mass is 451 g/mol. The van der Waals surface area contributed by atoms with E-state index in [1.165, 1.54) is 9.13 Å².